The molecule has 0 saturated heterocycles. The lowest BCUT2D eigenvalue weighted by Crippen LogP contribution is -2.26. The topological polar surface area (TPSA) is 69.0 Å². The number of nitrogens with one attached hydrogen (secondary N) is 1. The van der Waals surface area contributed by atoms with Crippen LogP contribution in [0.5, 0.6) is 5.75 Å². The number of hydrogen-bond donors (Lipinski definition) is 1. The van der Waals surface area contributed by atoms with Gasteiger partial charge < -0.3 is 10.1 Å². The fourth-order valence-electron chi connectivity index (χ4n) is 2.38. The zero-order valence-corrected chi connectivity index (χ0v) is 13.5. The minimum absolute atomic E-state index is 0.117. The predicted molar refractivity (Wildman–Crippen MR) is 90.2 cm³/mol. The first-order valence-electron chi connectivity index (χ1n) is 7.57. The third-order valence-corrected chi connectivity index (χ3v) is 3.76. The molecule has 0 aliphatic heterocycles. The van der Waals surface area contributed by atoms with Gasteiger partial charge in [-0.15, -0.1) is 0 Å². The zero-order valence-electron chi connectivity index (χ0n) is 13.5. The lowest BCUT2D eigenvalue weighted by molar-refractivity contribution is 0.0939. The Morgan fingerprint density at radius 3 is 2.67 bits per heavy atom. The maximum atomic E-state index is 12.4. The Morgan fingerprint density at radius 1 is 1.21 bits per heavy atom. The first-order chi connectivity index (χ1) is 11.7. The Kier molecular flexibility index (Phi) is 4.56. The third-order valence-electron chi connectivity index (χ3n) is 3.76. The Morgan fingerprint density at radius 2 is 2.00 bits per heavy atom. The fourth-order valence-corrected chi connectivity index (χ4v) is 2.38. The highest BCUT2D eigenvalue weighted by molar-refractivity contribution is 5.94. The number of carbonyl (C=O) groups excluding carboxylic acids is 1. The molecule has 3 aromatic rings. The smallest absolute Gasteiger partial charge is 0.251 e. The highest BCUT2D eigenvalue weighted by Gasteiger charge is 2.12. The molecule has 1 heterocycles. The maximum absolute atomic E-state index is 12.4. The molecule has 0 fully saturated rings. The third kappa shape index (κ3) is 3.43. The summed E-state index contributed by atoms with van der Waals surface area (Å²) in [4.78, 5) is 16.3. The predicted octanol–water partition coefficient (Wildman–Crippen LogP) is 2.77. The summed E-state index contributed by atoms with van der Waals surface area (Å²) in [5.41, 5.74) is 2.50. The van der Waals surface area contributed by atoms with Crippen molar-refractivity contribution >= 4 is 5.91 Å². The molecule has 0 radical (unpaired) electrons. The lowest BCUT2D eigenvalue weighted by atomic mass is 10.1. The van der Waals surface area contributed by atoms with Gasteiger partial charge in [0.2, 0.25) is 0 Å². The van der Waals surface area contributed by atoms with E-state index in [1.165, 1.54) is 6.33 Å². The van der Waals surface area contributed by atoms with Crippen molar-refractivity contribution in [3.05, 3.63) is 72.3 Å². The molecule has 122 valence electrons. The molecule has 2 aromatic carbocycles. The number of rotatable bonds is 5. The monoisotopic (exact) mass is 322 g/mol. The van der Waals surface area contributed by atoms with E-state index in [4.69, 9.17) is 4.74 Å². The Bertz CT molecular complexity index is 813. The first kappa shape index (κ1) is 15.7. The van der Waals surface area contributed by atoms with Gasteiger partial charge in [-0.2, -0.15) is 5.10 Å². The number of methoxy groups -OCH3 is 1. The SMILES string of the molecule is COc1cccc(C(=O)N[C@@H](C)c2ccc(-n3cncn3)cc2)c1. The molecule has 0 aliphatic rings. The molecule has 3 rings (SSSR count). The molecule has 0 spiro atoms. The summed E-state index contributed by atoms with van der Waals surface area (Å²) >= 11 is 0. The number of hydrogen-bond acceptors (Lipinski definition) is 4. The van der Waals surface area contributed by atoms with E-state index < -0.39 is 0 Å². The van der Waals surface area contributed by atoms with E-state index in [9.17, 15) is 4.79 Å². The second kappa shape index (κ2) is 6.95. The van der Waals surface area contributed by atoms with Gasteiger partial charge in [0.05, 0.1) is 18.8 Å². The van der Waals surface area contributed by atoms with Crippen molar-refractivity contribution in [2.75, 3.05) is 7.11 Å². The summed E-state index contributed by atoms with van der Waals surface area (Å²) in [7, 11) is 1.58. The summed E-state index contributed by atoms with van der Waals surface area (Å²) in [5.74, 6) is 0.522. The highest BCUT2D eigenvalue weighted by Crippen LogP contribution is 2.17. The Balaban J connectivity index is 1.70. The van der Waals surface area contributed by atoms with Crippen LogP contribution in [0.25, 0.3) is 5.69 Å². The van der Waals surface area contributed by atoms with E-state index in [-0.39, 0.29) is 11.9 Å². The number of nitrogens with zero attached hydrogens (tertiary/aromatic N) is 3. The summed E-state index contributed by atoms with van der Waals surface area (Å²) in [6, 6.07) is 14.8. The quantitative estimate of drug-likeness (QED) is 0.784. The molecule has 6 heteroatoms. The van der Waals surface area contributed by atoms with Crippen LogP contribution in [0.2, 0.25) is 0 Å². The molecule has 0 aliphatic carbocycles. The van der Waals surface area contributed by atoms with Crippen LogP contribution in [0.15, 0.2) is 61.2 Å². The number of carbonyl (C=O) groups is 1. The van der Waals surface area contributed by atoms with Crippen LogP contribution in [0, 0.1) is 0 Å². The maximum Gasteiger partial charge on any atom is 0.251 e. The number of aromatic nitrogens is 3. The largest absolute Gasteiger partial charge is 0.497 e. The van der Waals surface area contributed by atoms with E-state index >= 15 is 0 Å². The average Bonchev–Trinajstić information content (AvgIpc) is 3.16. The van der Waals surface area contributed by atoms with Crippen LogP contribution in [-0.4, -0.2) is 27.8 Å². The molecular weight excluding hydrogens is 304 g/mol. The molecule has 1 aromatic heterocycles. The molecule has 1 atom stereocenters. The van der Waals surface area contributed by atoms with Crippen LogP contribution in [0.3, 0.4) is 0 Å². The van der Waals surface area contributed by atoms with Crippen LogP contribution >= 0.6 is 0 Å². The Labute approximate surface area is 140 Å². The van der Waals surface area contributed by atoms with Gasteiger partial charge in [-0.1, -0.05) is 18.2 Å². The standard InChI is InChI=1S/C18H18N4O2/c1-13(21-18(23)15-4-3-5-17(10-15)24-2)14-6-8-16(9-7-14)22-12-19-11-20-22/h3-13H,1-2H3,(H,21,23)/t13-/m0/s1. The van der Waals surface area contributed by atoms with Gasteiger partial charge in [0.15, 0.2) is 0 Å². The van der Waals surface area contributed by atoms with Gasteiger partial charge in [0.1, 0.15) is 18.4 Å². The molecule has 1 amide bonds. The van der Waals surface area contributed by atoms with E-state index in [0.717, 1.165) is 11.3 Å². The Hall–Kier alpha value is -3.15. The van der Waals surface area contributed by atoms with Crippen molar-refractivity contribution in [2.24, 2.45) is 0 Å². The van der Waals surface area contributed by atoms with Gasteiger partial charge in [-0.25, -0.2) is 9.67 Å². The van der Waals surface area contributed by atoms with Crippen LogP contribution in [-0.2, 0) is 0 Å². The molecule has 0 bridgehead atoms. The van der Waals surface area contributed by atoms with E-state index in [0.29, 0.717) is 11.3 Å². The van der Waals surface area contributed by atoms with Crippen LogP contribution < -0.4 is 10.1 Å². The summed E-state index contributed by atoms with van der Waals surface area (Å²) in [5, 5.41) is 7.08. The van der Waals surface area contributed by atoms with Crippen LogP contribution in [0.4, 0.5) is 0 Å². The first-order valence-corrected chi connectivity index (χ1v) is 7.57. The number of benzene rings is 2. The average molecular weight is 322 g/mol. The summed E-state index contributed by atoms with van der Waals surface area (Å²) in [6.07, 6.45) is 3.13. The van der Waals surface area contributed by atoms with Crippen molar-refractivity contribution in [1.29, 1.82) is 0 Å². The molecule has 6 nitrogen and oxygen atoms in total. The second-order valence-corrected chi connectivity index (χ2v) is 5.36. The van der Waals surface area contributed by atoms with Gasteiger partial charge in [-0.05, 0) is 42.8 Å². The van der Waals surface area contributed by atoms with Crippen molar-refractivity contribution in [2.45, 2.75) is 13.0 Å². The van der Waals surface area contributed by atoms with Crippen molar-refractivity contribution < 1.29 is 9.53 Å². The normalized spacial score (nSPS) is 11.8. The van der Waals surface area contributed by atoms with Crippen molar-refractivity contribution in [3.8, 4) is 11.4 Å². The fraction of sp³-hybridized carbons (Fsp3) is 0.167. The van der Waals surface area contributed by atoms with Crippen LogP contribution in [0.1, 0.15) is 28.9 Å². The van der Waals surface area contributed by atoms with Gasteiger partial charge >= 0.3 is 0 Å². The van der Waals surface area contributed by atoms with Crippen molar-refractivity contribution in [3.63, 3.8) is 0 Å². The molecular formula is C18H18N4O2. The highest BCUT2D eigenvalue weighted by atomic mass is 16.5. The molecule has 24 heavy (non-hydrogen) atoms. The van der Waals surface area contributed by atoms with E-state index in [1.807, 2.05) is 37.3 Å². The summed E-state index contributed by atoms with van der Waals surface area (Å²) in [6.45, 7) is 1.95. The van der Waals surface area contributed by atoms with Crippen molar-refractivity contribution in [1.82, 2.24) is 20.1 Å². The molecule has 1 N–H and O–H groups in total. The lowest BCUT2D eigenvalue weighted by Gasteiger charge is -2.15. The number of ether oxygens (including phenoxy) is 1. The zero-order chi connectivity index (χ0) is 16.9. The number of amides is 1. The van der Waals surface area contributed by atoms with Gasteiger partial charge in [0.25, 0.3) is 5.91 Å². The van der Waals surface area contributed by atoms with E-state index in [2.05, 4.69) is 15.4 Å². The molecule has 0 unspecified atom stereocenters. The minimum atomic E-state index is -0.137. The summed E-state index contributed by atoms with van der Waals surface area (Å²) < 4.78 is 6.83. The molecule has 0 saturated carbocycles. The minimum Gasteiger partial charge on any atom is -0.497 e. The van der Waals surface area contributed by atoms with Gasteiger partial charge in [0, 0.05) is 5.56 Å². The van der Waals surface area contributed by atoms with Gasteiger partial charge in [-0.3, -0.25) is 4.79 Å². The van der Waals surface area contributed by atoms with E-state index in [1.54, 1.807) is 36.3 Å². The second-order valence-electron chi connectivity index (χ2n) is 5.36.